The smallest absolute Gasteiger partial charge is 0.248 e. The Bertz CT molecular complexity index is 1030. The number of benzene rings is 2. The summed E-state index contributed by atoms with van der Waals surface area (Å²) in [7, 11) is 0. The Morgan fingerprint density at radius 2 is 1.52 bits per heavy atom. The van der Waals surface area contributed by atoms with Gasteiger partial charge in [0.15, 0.2) is 0 Å². The van der Waals surface area contributed by atoms with E-state index in [9.17, 15) is 4.79 Å². The molecule has 0 saturated heterocycles. The average Bonchev–Trinajstić information content (AvgIpc) is 2.67. The van der Waals surface area contributed by atoms with Crippen molar-refractivity contribution in [3.8, 4) is 11.3 Å². The van der Waals surface area contributed by atoms with E-state index in [2.05, 4.69) is 49.9 Å². The highest BCUT2D eigenvalue weighted by Gasteiger charge is 2.19. The van der Waals surface area contributed by atoms with Crippen LogP contribution in [0.3, 0.4) is 0 Å². The highest BCUT2D eigenvalue weighted by molar-refractivity contribution is 6.04. The normalized spacial score (nSPS) is 11.1. The summed E-state index contributed by atoms with van der Waals surface area (Å²) in [6.45, 7) is 12.6. The molecule has 1 amide bonds. The number of fused-ring (bicyclic) bond motifs is 1. The van der Waals surface area contributed by atoms with Crippen LogP contribution in [0.4, 0.5) is 5.69 Å². The summed E-state index contributed by atoms with van der Waals surface area (Å²) < 4.78 is 0. The van der Waals surface area contributed by atoms with Gasteiger partial charge in [-0.3, -0.25) is 9.78 Å². The molecule has 0 atom stereocenters. The highest BCUT2D eigenvalue weighted by atomic mass is 16.1. The van der Waals surface area contributed by atoms with Crippen LogP contribution in [0.15, 0.2) is 36.4 Å². The first kappa shape index (κ1) is 20.8. The molecule has 0 unspecified atom stereocenters. The van der Waals surface area contributed by atoms with Gasteiger partial charge < -0.3 is 10.6 Å². The molecular weight excluding hydrogens is 358 g/mol. The molecule has 0 saturated carbocycles. The lowest BCUT2D eigenvalue weighted by atomic mass is 9.92. The van der Waals surface area contributed by atoms with Gasteiger partial charge in [-0.25, -0.2) is 0 Å². The van der Waals surface area contributed by atoms with Crippen molar-refractivity contribution in [2.45, 2.75) is 47.5 Å². The van der Waals surface area contributed by atoms with Crippen LogP contribution in [0.2, 0.25) is 0 Å². The Morgan fingerprint density at radius 1 is 0.966 bits per heavy atom. The van der Waals surface area contributed by atoms with Crippen molar-refractivity contribution in [1.29, 1.82) is 0 Å². The lowest BCUT2D eigenvalue weighted by molar-refractivity contribution is 0.1000. The van der Waals surface area contributed by atoms with Crippen molar-refractivity contribution in [2.24, 2.45) is 5.73 Å². The monoisotopic (exact) mass is 389 g/mol. The molecule has 1 aromatic heterocycles. The second-order valence-corrected chi connectivity index (χ2v) is 7.78. The summed E-state index contributed by atoms with van der Waals surface area (Å²) in [5.74, 6) is -0.401. The van der Waals surface area contributed by atoms with Gasteiger partial charge >= 0.3 is 0 Å². The number of carbonyl (C=O) groups excluding carboxylic acids is 1. The molecule has 4 nitrogen and oxygen atoms in total. The van der Waals surface area contributed by atoms with E-state index < -0.39 is 5.91 Å². The molecule has 29 heavy (non-hydrogen) atoms. The van der Waals surface area contributed by atoms with Gasteiger partial charge in [0.2, 0.25) is 5.91 Å². The number of pyridine rings is 1. The van der Waals surface area contributed by atoms with Gasteiger partial charge in [-0.15, -0.1) is 0 Å². The minimum atomic E-state index is -0.401. The molecule has 1 heterocycles. The Hall–Kier alpha value is -2.88. The van der Waals surface area contributed by atoms with E-state index in [4.69, 9.17) is 10.7 Å². The third-order valence-corrected chi connectivity index (χ3v) is 5.42. The fourth-order valence-electron chi connectivity index (χ4n) is 4.32. The number of rotatable bonds is 7. The molecule has 0 aliphatic rings. The fraction of sp³-hybridized carbons (Fsp3) is 0.360. The first-order chi connectivity index (χ1) is 13.9. The minimum Gasteiger partial charge on any atom is -0.370 e. The zero-order valence-corrected chi connectivity index (χ0v) is 18.2. The van der Waals surface area contributed by atoms with Gasteiger partial charge in [-0.2, -0.15) is 0 Å². The van der Waals surface area contributed by atoms with Gasteiger partial charge in [0, 0.05) is 35.0 Å². The molecule has 0 aliphatic heterocycles. The summed E-state index contributed by atoms with van der Waals surface area (Å²) in [4.78, 5) is 19.2. The maximum Gasteiger partial charge on any atom is 0.248 e. The van der Waals surface area contributed by atoms with Gasteiger partial charge in [0.1, 0.15) is 0 Å². The highest BCUT2D eigenvalue weighted by Crippen LogP contribution is 2.38. The molecule has 2 aromatic carbocycles. The van der Waals surface area contributed by atoms with Crippen molar-refractivity contribution < 1.29 is 4.79 Å². The molecule has 3 rings (SSSR count). The summed E-state index contributed by atoms with van der Waals surface area (Å²) in [5.41, 5.74) is 12.4. The lowest BCUT2D eigenvalue weighted by Crippen LogP contribution is -2.26. The van der Waals surface area contributed by atoms with Gasteiger partial charge in [0.05, 0.1) is 17.1 Å². The molecule has 0 spiro atoms. The zero-order chi connectivity index (χ0) is 21.1. The van der Waals surface area contributed by atoms with Crippen molar-refractivity contribution >= 4 is 22.4 Å². The van der Waals surface area contributed by atoms with Crippen LogP contribution >= 0.6 is 0 Å². The zero-order valence-electron chi connectivity index (χ0n) is 18.2. The van der Waals surface area contributed by atoms with E-state index in [1.807, 2.05) is 26.0 Å². The quantitative estimate of drug-likeness (QED) is 0.576. The number of aromatic nitrogens is 1. The van der Waals surface area contributed by atoms with E-state index in [1.54, 1.807) is 0 Å². The maximum absolute atomic E-state index is 11.7. The second-order valence-electron chi connectivity index (χ2n) is 7.78. The molecule has 0 bridgehead atoms. The van der Waals surface area contributed by atoms with Crippen molar-refractivity contribution in [1.82, 2.24) is 4.98 Å². The summed E-state index contributed by atoms with van der Waals surface area (Å²) in [6, 6.07) is 12.2. The molecule has 0 fully saturated rings. The molecule has 4 heteroatoms. The van der Waals surface area contributed by atoms with E-state index in [0.717, 1.165) is 59.4 Å². The van der Waals surface area contributed by atoms with Gasteiger partial charge in [-0.05, 0) is 56.9 Å². The van der Waals surface area contributed by atoms with Crippen LogP contribution in [-0.4, -0.2) is 24.0 Å². The summed E-state index contributed by atoms with van der Waals surface area (Å²) in [5, 5.41) is 2.37. The SMILES string of the molecule is CCCN(CCC)c1c(C)nc(-c2c(C)cc(C(N)=O)cc2C)c2ccccc12. The molecule has 152 valence electrons. The van der Waals surface area contributed by atoms with E-state index in [-0.39, 0.29) is 0 Å². The van der Waals surface area contributed by atoms with Gasteiger partial charge in [0.25, 0.3) is 0 Å². The third kappa shape index (κ3) is 3.98. The first-order valence-electron chi connectivity index (χ1n) is 10.4. The van der Waals surface area contributed by atoms with Crippen LogP contribution in [0, 0.1) is 20.8 Å². The molecular formula is C25H31N3O. The van der Waals surface area contributed by atoms with Gasteiger partial charge in [-0.1, -0.05) is 38.1 Å². The molecule has 0 aliphatic carbocycles. The Labute approximate surface area is 173 Å². The number of primary amides is 1. The number of aryl methyl sites for hydroxylation is 3. The number of nitrogens with two attached hydrogens (primary N) is 1. The Kier molecular flexibility index (Phi) is 6.21. The third-order valence-electron chi connectivity index (χ3n) is 5.42. The number of amides is 1. The van der Waals surface area contributed by atoms with Crippen LogP contribution in [0.1, 0.15) is 53.9 Å². The number of carbonyl (C=O) groups is 1. The van der Waals surface area contributed by atoms with E-state index >= 15 is 0 Å². The van der Waals surface area contributed by atoms with Crippen LogP contribution in [0.5, 0.6) is 0 Å². The minimum absolute atomic E-state index is 0.401. The maximum atomic E-state index is 11.7. The average molecular weight is 390 g/mol. The van der Waals surface area contributed by atoms with E-state index in [1.165, 1.54) is 11.1 Å². The topological polar surface area (TPSA) is 59.2 Å². The first-order valence-corrected chi connectivity index (χ1v) is 10.4. The Morgan fingerprint density at radius 3 is 2.03 bits per heavy atom. The number of nitrogens with zero attached hydrogens (tertiary/aromatic N) is 2. The van der Waals surface area contributed by atoms with Crippen molar-refractivity contribution in [3.05, 3.63) is 58.8 Å². The molecule has 2 N–H and O–H groups in total. The molecule has 0 radical (unpaired) electrons. The van der Waals surface area contributed by atoms with Crippen molar-refractivity contribution in [2.75, 3.05) is 18.0 Å². The predicted molar refractivity (Wildman–Crippen MR) is 123 cm³/mol. The van der Waals surface area contributed by atoms with Crippen molar-refractivity contribution in [3.63, 3.8) is 0 Å². The fourth-order valence-corrected chi connectivity index (χ4v) is 4.32. The standard InChI is InChI=1S/C25H31N3O/c1-6-12-28(13-7-2)24-18(5)27-23(20-10-8-9-11-21(20)24)22-16(3)14-19(25(26)29)15-17(22)4/h8-11,14-15H,6-7,12-13H2,1-5H3,(H2,26,29). The summed E-state index contributed by atoms with van der Waals surface area (Å²) >= 11 is 0. The molecule has 3 aromatic rings. The van der Waals surface area contributed by atoms with Crippen LogP contribution in [0.25, 0.3) is 22.0 Å². The predicted octanol–water partition coefficient (Wildman–Crippen LogP) is 5.55. The van der Waals surface area contributed by atoms with Crippen LogP contribution < -0.4 is 10.6 Å². The number of hydrogen-bond acceptors (Lipinski definition) is 3. The second kappa shape index (κ2) is 8.64. The Balaban J connectivity index is 2.30. The summed E-state index contributed by atoms with van der Waals surface area (Å²) in [6.07, 6.45) is 2.20. The largest absolute Gasteiger partial charge is 0.370 e. The number of anilines is 1. The van der Waals surface area contributed by atoms with Crippen LogP contribution in [-0.2, 0) is 0 Å². The lowest BCUT2D eigenvalue weighted by Gasteiger charge is -2.28. The van der Waals surface area contributed by atoms with E-state index in [0.29, 0.717) is 5.56 Å². The number of hydrogen-bond donors (Lipinski definition) is 1.